The van der Waals surface area contributed by atoms with Gasteiger partial charge in [-0.25, -0.2) is 8.42 Å². The second kappa shape index (κ2) is 6.09. The van der Waals surface area contributed by atoms with E-state index in [9.17, 15) is 18.0 Å². The minimum Gasteiger partial charge on any atom is -0.480 e. The molecule has 0 saturated carbocycles. The van der Waals surface area contributed by atoms with Crippen LogP contribution in [0.5, 0.6) is 0 Å². The second-order valence-corrected chi connectivity index (χ2v) is 8.08. The van der Waals surface area contributed by atoms with Crippen molar-refractivity contribution in [1.29, 1.82) is 0 Å². The molecule has 1 saturated heterocycles. The molecule has 1 fully saturated rings. The van der Waals surface area contributed by atoms with Crippen molar-refractivity contribution in [2.75, 3.05) is 18.1 Å². The van der Waals surface area contributed by atoms with Crippen molar-refractivity contribution in [2.24, 2.45) is 5.92 Å². The molecule has 0 aliphatic carbocycles. The molecule has 0 aromatic carbocycles. The van der Waals surface area contributed by atoms with Crippen molar-refractivity contribution in [3.63, 3.8) is 0 Å². The van der Waals surface area contributed by atoms with E-state index in [1.807, 2.05) is 0 Å². The van der Waals surface area contributed by atoms with E-state index in [0.717, 1.165) is 0 Å². The van der Waals surface area contributed by atoms with Crippen LogP contribution >= 0.6 is 0 Å². The maximum atomic E-state index is 11.8. The molecule has 0 aromatic rings. The SMILES string of the molecule is CC(C)C(NCC(=O)NC1(C)CCS(=O)(=O)C1)C(=O)O. The van der Waals surface area contributed by atoms with Gasteiger partial charge in [-0.15, -0.1) is 0 Å². The zero-order chi connectivity index (χ0) is 15.6. The fourth-order valence-corrected chi connectivity index (χ4v) is 4.39. The molecule has 7 nitrogen and oxygen atoms in total. The van der Waals surface area contributed by atoms with Crippen molar-refractivity contribution in [3.05, 3.63) is 0 Å². The quantitative estimate of drug-likeness (QED) is 0.603. The van der Waals surface area contributed by atoms with Crippen LogP contribution in [0.4, 0.5) is 0 Å². The zero-order valence-electron chi connectivity index (χ0n) is 12.0. The fraction of sp³-hybridized carbons (Fsp3) is 0.833. The normalized spacial score (nSPS) is 26.4. The lowest BCUT2D eigenvalue weighted by molar-refractivity contribution is -0.140. The summed E-state index contributed by atoms with van der Waals surface area (Å²) in [6, 6.07) is -0.805. The Morgan fingerprint density at radius 3 is 2.35 bits per heavy atom. The second-order valence-electron chi connectivity index (χ2n) is 5.89. The zero-order valence-corrected chi connectivity index (χ0v) is 12.8. The first-order chi connectivity index (χ1) is 9.05. The largest absolute Gasteiger partial charge is 0.480 e. The Morgan fingerprint density at radius 2 is 1.95 bits per heavy atom. The summed E-state index contributed by atoms with van der Waals surface area (Å²) < 4.78 is 22.9. The van der Waals surface area contributed by atoms with Gasteiger partial charge >= 0.3 is 5.97 Å². The molecular weight excluding hydrogens is 284 g/mol. The average Bonchev–Trinajstić information content (AvgIpc) is 2.51. The van der Waals surface area contributed by atoms with Crippen LogP contribution in [0, 0.1) is 5.92 Å². The number of carboxylic acids is 1. The monoisotopic (exact) mass is 306 g/mol. The standard InChI is InChI=1S/C12H22N2O5S/c1-8(2)10(11(16)17)13-6-9(15)14-12(3)4-5-20(18,19)7-12/h8,10,13H,4-7H2,1-3H3,(H,14,15)(H,16,17). The Balaban J connectivity index is 2.50. The van der Waals surface area contributed by atoms with E-state index in [2.05, 4.69) is 10.6 Å². The van der Waals surface area contributed by atoms with Gasteiger partial charge in [-0.1, -0.05) is 13.8 Å². The Kier molecular flexibility index (Phi) is 5.15. The highest BCUT2D eigenvalue weighted by Crippen LogP contribution is 2.22. The van der Waals surface area contributed by atoms with E-state index >= 15 is 0 Å². The summed E-state index contributed by atoms with van der Waals surface area (Å²) in [5, 5.41) is 14.3. The van der Waals surface area contributed by atoms with Crippen LogP contribution in [0.2, 0.25) is 0 Å². The fourth-order valence-electron chi connectivity index (χ4n) is 2.30. The molecule has 20 heavy (non-hydrogen) atoms. The number of nitrogens with one attached hydrogen (secondary N) is 2. The van der Waals surface area contributed by atoms with Crippen molar-refractivity contribution in [3.8, 4) is 0 Å². The molecule has 1 amide bonds. The molecule has 1 heterocycles. The van der Waals surface area contributed by atoms with Crippen LogP contribution in [0.3, 0.4) is 0 Å². The van der Waals surface area contributed by atoms with Gasteiger partial charge in [0, 0.05) is 0 Å². The number of amides is 1. The lowest BCUT2D eigenvalue weighted by atomic mass is 10.0. The van der Waals surface area contributed by atoms with Crippen molar-refractivity contribution in [1.82, 2.24) is 10.6 Å². The molecule has 0 bridgehead atoms. The molecule has 1 aliphatic heterocycles. The molecule has 0 radical (unpaired) electrons. The average molecular weight is 306 g/mol. The third-order valence-corrected chi connectivity index (χ3v) is 5.26. The van der Waals surface area contributed by atoms with Gasteiger partial charge < -0.3 is 10.4 Å². The number of carboxylic acid groups (broad SMARTS) is 1. The van der Waals surface area contributed by atoms with Gasteiger partial charge in [0.15, 0.2) is 9.84 Å². The molecule has 1 aliphatic rings. The van der Waals surface area contributed by atoms with E-state index in [-0.39, 0.29) is 24.0 Å². The van der Waals surface area contributed by atoms with Gasteiger partial charge in [0.05, 0.1) is 23.6 Å². The first kappa shape index (κ1) is 16.9. The lowest BCUT2D eigenvalue weighted by Gasteiger charge is -2.25. The summed E-state index contributed by atoms with van der Waals surface area (Å²) in [7, 11) is -3.09. The number of hydrogen-bond acceptors (Lipinski definition) is 5. The maximum absolute atomic E-state index is 11.8. The predicted octanol–water partition coefficient (Wildman–Crippen LogP) is -0.621. The summed E-state index contributed by atoms with van der Waals surface area (Å²) in [5.74, 6) is -1.55. The van der Waals surface area contributed by atoms with E-state index in [4.69, 9.17) is 5.11 Å². The van der Waals surface area contributed by atoms with Crippen LogP contribution in [0.15, 0.2) is 0 Å². The summed E-state index contributed by atoms with van der Waals surface area (Å²) >= 11 is 0. The summed E-state index contributed by atoms with van der Waals surface area (Å²) in [4.78, 5) is 22.8. The number of hydrogen-bond donors (Lipinski definition) is 3. The minimum absolute atomic E-state index is 0.0704. The Morgan fingerprint density at radius 1 is 1.35 bits per heavy atom. The summed E-state index contributed by atoms with van der Waals surface area (Å²) in [6.07, 6.45) is 0.383. The molecule has 2 atom stereocenters. The third-order valence-electron chi connectivity index (χ3n) is 3.36. The highest BCUT2D eigenvalue weighted by molar-refractivity contribution is 7.91. The van der Waals surface area contributed by atoms with Gasteiger partial charge in [-0.05, 0) is 19.3 Å². The number of aliphatic carboxylic acids is 1. The topological polar surface area (TPSA) is 113 Å². The predicted molar refractivity (Wildman–Crippen MR) is 74.1 cm³/mol. The summed E-state index contributed by atoms with van der Waals surface area (Å²) in [6.45, 7) is 5.03. The van der Waals surface area contributed by atoms with Gasteiger partial charge in [-0.2, -0.15) is 0 Å². The highest BCUT2D eigenvalue weighted by atomic mass is 32.2. The molecule has 116 valence electrons. The van der Waals surface area contributed by atoms with Crippen molar-refractivity contribution >= 4 is 21.7 Å². The van der Waals surface area contributed by atoms with Crippen LogP contribution in [-0.2, 0) is 19.4 Å². The van der Waals surface area contributed by atoms with Crippen LogP contribution < -0.4 is 10.6 Å². The number of sulfone groups is 1. The lowest BCUT2D eigenvalue weighted by Crippen LogP contribution is -2.52. The minimum atomic E-state index is -3.09. The van der Waals surface area contributed by atoms with E-state index in [0.29, 0.717) is 6.42 Å². The highest BCUT2D eigenvalue weighted by Gasteiger charge is 2.39. The van der Waals surface area contributed by atoms with Gasteiger partial charge in [-0.3, -0.25) is 14.9 Å². The number of carbonyl (C=O) groups is 2. The van der Waals surface area contributed by atoms with Crippen LogP contribution in [0.1, 0.15) is 27.2 Å². The molecule has 1 rings (SSSR count). The van der Waals surface area contributed by atoms with Crippen molar-refractivity contribution < 1.29 is 23.1 Å². The van der Waals surface area contributed by atoms with Gasteiger partial charge in [0.25, 0.3) is 0 Å². The van der Waals surface area contributed by atoms with E-state index < -0.39 is 33.3 Å². The molecular formula is C12H22N2O5S. The Bertz CT molecular complexity index is 488. The number of rotatable bonds is 6. The smallest absolute Gasteiger partial charge is 0.320 e. The third kappa shape index (κ3) is 4.75. The van der Waals surface area contributed by atoms with E-state index in [1.165, 1.54) is 0 Å². The summed E-state index contributed by atoms with van der Waals surface area (Å²) in [5.41, 5.74) is -0.756. The van der Waals surface area contributed by atoms with Gasteiger partial charge in [0.2, 0.25) is 5.91 Å². The Hall–Kier alpha value is -1.15. The molecule has 0 aromatic heterocycles. The molecule has 0 spiro atoms. The first-order valence-electron chi connectivity index (χ1n) is 6.52. The van der Waals surface area contributed by atoms with E-state index in [1.54, 1.807) is 20.8 Å². The maximum Gasteiger partial charge on any atom is 0.320 e. The van der Waals surface area contributed by atoms with Crippen LogP contribution in [0.25, 0.3) is 0 Å². The number of carbonyl (C=O) groups excluding carboxylic acids is 1. The van der Waals surface area contributed by atoms with Crippen LogP contribution in [-0.4, -0.2) is 55.0 Å². The first-order valence-corrected chi connectivity index (χ1v) is 8.34. The molecule has 3 N–H and O–H groups in total. The van der Waals surface area contributed by atoms with Crippen molar-refractivity contribution in [2.45, 2.75) is 38.8 Å². The molecule has 8 heteroatoms. The molecule has 2 unspecified atom stereocenters. The Labute approximate surface area is 119 Å². The van der Waals surface area contributed by atoms with Gasteiger partial charge in [0.1, 0.15) is 6.04 Å².